The van der Waals surface area contributed by atoms with Gasteiger partial charge in [0.25, 0.3) is 0 Å². The van der Waals surface area contributed by atoms with Gasteiger partial charge in [0.15, 0.2) is 5.78 Å². The molecule has 1 saturated carbocycles. The molecule has 19 heavy (non-hydrogen) atoms. The SMILES string of the molecule is CCOC(C(=O)c1cnccc1C)C1CCCCC1. The number of carbonyl (C=O) groups excluding carboxylic acids is 1. The van der Waals surface area contributed by atoms with Crippen molar-refractivity contribution in [3.8, 4) is 0 Å². The summed E-state index contributed by atoms with van der Waals surface area (Å²) >= 11 is 0. The van der Waals surface area contributed by atoms with E-state index in [1.54, 1.807) is 12.4 Å². The minimum atomic E-state index is -0.284. The van der Waals surface area contributed by atoms with Gasteiger partial charge >= 0.3 is 0 Å². The molecule has 1 aliphatic rings. The first-order valence-electron chi connectivity index (χ1n) is 7.30. The summed E-state index contributed by atoms with van der Waals surface area (Å²) in [5.74, 6) is 0.486. The lowest BCUT2D eigenvalue weighted by molar-refractivity contribution is 0.0126. The summed E-state index contributed by atoms with van der Waals surface area (Å²) in [6.07, 6.45) is 9.05. The Hall–Kier alpha value is -1.22. The van der Waals surface area contributed by atoms with Crippen LogP contribution in [0.25, 0.3) is 0 Å². The standard InChI is InChI=1S/C16H23NO2/c1-3-19-16(13-7-5-4-6-8-13)15(18)14-11-17-10-9-12(14)2/h9-11,13,16H,3-8H2,1-2H3. The number of hydrogen-bond acceptors (Lipinski definition) is 3. The summed E-state index contributed by atoms with van der Waals surface area (Å²) in [4.78, 5) is 16.8. The summed E-state index contributed by atoms with van der Waals surface area (Å²) in [5, 5.41) is 0. The molecule has 0 aliphatic heterocycles. The Morgan fingerprint density at radius 3 is 2.79 bits per heavy atom. The van der Waals surface area contributed by atoms with Crippen LogP contribution in [0.1, 0.15) is 54.9 Å². The van der Waals surface area contributed by atoms with Crippen LogP contribution in [0, 0.1) is 12.8 Å². The second-order valence-electron chi connectivity index (χ2n) is 5.33. The van der Waals surface area contributed by atoms with Gasteiger partial charge in [-0.25, -0.2) is 0 Å². The molecule has 1 unspecified atom stereocenters. The molecule has 1 aromatic heterocycles. The minimum Gasteiger partial charge on any atom is -0.370 e. The number of carbonyl (C=O) groups is 1. The Balaban J connectivity index is 2.18. The van der Waals surface area contributed by atoms with Gasteiger partial charge in [-0.1, -0.05) is 19.3 Å². The molecule has 0 N–H and O–H groups in total. The van der Waals surface area contributed by atoms with Crippen LogP contribution in [0.5, 0.6) is 0 Å². The first kappa shape index (κ1) is 14.2. The van der Waals surface area contributed by atoms with Gasteiger partial charge in [0.2, 0.25) is 0 Å². The second kappa shape index (κ2) is 6.80. The van der Waals surface area contributed by atoms with Crippen molar-refractivity contribution in [3.05, 3.63) is 29.6 Å². The third kappa shape index (κ3) is 3.41. The number of ether oxygens (including phenoxy) is 1. The number of aryl methyl sites for hydroxylation is 1. The van der Waals surface area contributed by atoms with E-state index in [0.717, 1.165) is 18.4 Å². The maximum absolute atomic E-state index is 12.7. The quantitative estimate of drug-likeness (QED) is 0.761. The normalized spacial score (nSPS) is 18.2. The fourth-order valence-electron chi connectivity index (χ4n) is 2.92. The molecule has 0 radical (unpaired) electrons. The molecule has 104 valence electrons. The molecule has 2 rings (SSSR count). The highest BCUT2D eigenvalue weighted by Crippen LogP contribution is 2.30. The van der Waals surface area contributed by atoms with Crippen LogP contribution >= 0.6 is 0 Å². The molecule has 0 spiro atoms. The molecule has 1 aliphatic carbocycles. The third-order valence-electron chi connectivity index (χ3n) is 3.99. The topological polar surface area (TPSA) is 39.2 Å². The third-order valence-corrected chi connectivity index (χ3v) is 3.99. The summed E-state index contributed by atoms with van der Waals surface area (Å²) in [6.45, 7) is 4.50. The summed E-state index contributed by atoms with van der Waals surface area (Å²) in [7, 11) is 0. The Kier molecular flexibility index (Phi) is 5.08. The number of pyridine rings is 1. The van der Waals surface area contributed by atoms with E-state index in [1.807, 2.05) is 19.9 Å². The fraction of sp³-hybridized carbons (Fsp3) is 0.625. The van der Waals surface area contributed by atoms with Crippen molar-refractivity contribution < 1.29 is 9.53 Å². The Morgan fingerprint density at radius 1 is 1.42 bits per heavy atom. The lowest BCUT2D eigenvalue weighted by atomic mass is 9.82. The Morgan fingerprint density at radius 2 is 2.16 bits per heavy atom. The van der Waals surface area contributed by atoms with Crippen molar-refractivity contribution >= 4 is 5.78 Å². The molecule has 3 nitrogen and oxygen atoms in total. The minimum absolute atomic E-state index is 0.111. The van der Waals surface area contributed by atoms with Crippen LogP contribution in [0.2, 0.25) is 0 Å². The molecule has 0 saturated heterocycles. The van der Waals surface area contributed by atoms with Crippen molar-refractivity contribution in [2.75, 3.05) is 6.61 Å². The molecular formula is C16H23NO2. The van der Waals surface area contributed by atoms with Crippen LogP contribution in [-0.2, 0) is 4.74 Å². The van der Waals surface area contributed by atoms with E-state index in [4.69, 9.17) is 4.74 Å². The predicted molar refractivity (Wildman–Crippen MR) is 75.3 cm³/mol. The molecular weight excluding hydrogens is 238 g/mol. The number of ketones is 1. The van der Waals surface area contributed by atoms with Crippen LogP contribution in [0.3, 0.4) is 0 Å². The monoisotopic (exact) mass is 261 g/mol. The second-order valence-corrected chi connectivity index (χ2v) is 5.33. The zero-order chi connectivity index (χ0) is 13.7. The smallest absolute Gasteiger partial charge is 0.193 e. The van der Waals surface area contributed by atoms with Crippen LogP contribution < -0.4 is 0 Å². The van der Waals surface area contributed by atoms with E-state index >= 15 is 0 Å². The average molecular weight is 261 g/mol. The highest BCUT2D eigenvalue weighted by molar-refractivity contribution is 6.00. The van der Waals surface area contributed by atoms with Gasteiger partial charge in [-0.2, -0.15) is 0 Å². The van der Waals surface area contributed by atoms with Crippen LogP contribution in [-0.4, -0.2) is 23.5 Å². The summed E-state index contributed by atoms with van der Waals surface area (Å²) in [5.41, 5.74) is 1.70. The van der Waals surface area contributed by atoms with Gasteiger partial charge in [0, 0.05) is 24.6 Å². The van der Waals surface area contributed by atoms with E-state index in [1.165, 1.54) is 19.3 Å². The molecule has 0 amide bonds. The lowest BCUT2D eigenvalue weighted by Crippen LogP contribution is -2.34. The van der Waals surface area contributed by atoms with Gasteiger partial charge in [0.1, 0.15) is 6.10 Å². The number of aromatic nitrogens is 1. The van der Waals surface area contributed by atoms with Crippen molar-refractivity contribution in [2.24, 2.45) is 5.92 Å². The van der Waals surface area contributed by atoms with Gasteiger partial charge in [-0.3, -0.25) is 9.78 Å². The number of rotatable bonds is 5. The highest BCUT2D eigenvalue weighted by Gasteiger charge is 2.31. The van der Waals surface area contributed by atoms with Gasteiger partial charge in [-0.05, 0) is 44.2 Å². The van der Waals surface area contributed by atoms with Crippen molar-refractivity contribution in [1.29, 1.82) is 0 Å². The molecule has 1 atom stereocenters. The number of hydrogen-bond donors (Lipinski definition) is 0. The van der Waals surface area contributed by atoms with Crippen molar-refractivity contribution in [1.82, 2.24) is 4.98 Å². The molecule has 0 aromatic carbocycles. The zero-order valence-corrected chi connectivity index (χ0v) is 11.9. The first-order valence-corrected chi connectivity index (χ1v) is 7.30. The number of nitrogens with zero attached hydrogens (tertiary/aromatic N) is 1. The average Bonchev–Trinajstić information content (AvgIpc) is 2.45. The molecule has 3 heteroatoms. The number of Topliss-reactive ketones (excluding diaryl/α,β-unsaturated/α-hetero) is 1. The van der Waals surface area contributed by atoms with Gasteiger partial charge < -0.3 is 4.74 Å². The maximum Gasteiger partial charge on any atom is 0.193 e. The highest BCUT2D eigenvalue weighted by atomic mass is 16.5. The Labute approximate surface area is 115 Å². The zero-order valence-electron chi connectivity index (χ0n) is 11.9. The molecule has 1 fully saturated rings. The van der Waals surface area contributed by atoms with E-state index in [0.29, 0.717) is 18.1 Å². The van der Waals surface area contributed by atoms with E-state index in [-0.39, 0.29) is 11.9 Å². The van der Waals surface area contributed by atoms with E-state index < -0.39 is 0 Å². The summed E-state index contributed by atoms with van der Waals surface area (Å²) in [6, 6.07) is 1.89. The maximum atomic E-state index is 12.7. The molecule has 0 bridgehead atoms. The fourth-order valence-corrected chi connectivity index (χ4v) is 2.92. The van der Waals surface area contributed by atoms with Crippen molar-refractivity contribution in [3.63, 3.8) is 0 Å². The lowest BCUT2D eigenvalue weighted by Gasteiger charge is -2.29. The van der Waals surface area contributed by atoms with Crippen LogP contribution in [0.15, 0.2) is 18.5 Å². The Bertz CT molecular complexity index is 425. The first-order chi connectivity index (χ1) is 9.24. The van der Waals surface area contributed by atoms with E-state index in [9.17, 15) is 4.79 Å². The van der Waals surface area contributed by atoms with E-state index in [2.05, 4.69) is 4.98 Å². The molecule has 1 heterocycles. The predicted octanol–water partition coefficient (Wildman–Crippen LogP) is 3.56. The van der Waals surface area contributed by atoms with Gasteiger partial charge in [-0.15, -0.1) is 0 Å². The van der Waals surface area contributed by atoms with Crippen molar-refractivity contribution in [2.45, 2.75) is 52.1 Å². The van der Waals surface area contributed by atoms with Gasteiger partial charge in [0.05, 0.1) is 0 Å². The van der Waals surface area contributed by atoms with Crippen LogP contribution in [0.4, 0.5) is 0 Å². The largest absolute Gasteiger partial charge is 0.370 e. The summed E-state index contributed by atoms with van der Waals surface area (Å²) < 4.78 is 5.78. The molecule has 1 aromatic rings.